The maximum atomic E-state index is 9.18. The molecule has 1 aliphatic heterocycles. The average molecular weight is 300 g/mol. The van der Waals surface area contributed by atoms with Crippen molar-refractivity contribution in [3.8, 4) is 0 Å². The predicted molar refractivity (Wildman–Crippen MR) is 89.0 cm³/mol. The molecule has 118 valence electrons. The van der Waals surface area contributed by atoms with Gasteiger partial charge in [-0.3, -0.25) is 0 Å². The van der Waals surface area contributed by atoms with Crippen LogP contribution in [-0.2, 0) is 0 Å². The summed E-state index contributed by atoms with van der Waals surface area (Å²) < 4.78 is 0. The quantitative estimate of drug-likeness (QED) is 0.885. The first kappa shape index (κ1) is 15.2. The summed E-state index contributed by atoms with van der Waals surface area (Å²) in [6.07, 6.45) is 2.20. The van der Waals surface area contributed by atoms with Gasteiger partial charge in [0.15, 0.2) is 5.82 Å². The van der Waals surface area contributed by atoms with Crippen molar-refractivity contribution in [3.05, 3.63) is 30.0 Å². The van der Waals surface area contributed by atoms with Crippen LogP contribution in [0.2, 0.25) is 0 Å². The highest BCUT2D eigenvalue weighted by Gasteiger charge is 2.17. The number of likely N-dealkylation sites (tertiary alicyclic amines) is 1. The van der Waals surface area contributed by atoms with E-state index in [9.17, 15) is 5.11 Å². The van der Waals surface area contributed by atoms with Gasteiger partial charge in [0, 0.05) is 30.5 Å². The van der Waals surface area contributed by atoms with Gasteiger partial charge in [0.25, 0.3) is 0 Å². The molecular formula is C17H24N4O. The van der Waals surface area contributed by atoms with Gasteiger partial charge in [-0.15, -0.1) is 5.10 Å². The van der Waals surface area contributed by atoms with Crippen LogP contribution < -0.4 is 5.32 Å². The van der Waals surface area contributed by atoms with Crippen molar-refractivity contribution in [2.75, 3.05) is 38.1 Å². The Morgan fingerprint density at radius 1 is 1.18 bits per heavy atom. The fourth-order valence-corrected chi connectivity index (χ4v) is 3.09. The lowest BCUT2D eigenvalue weighted by Gasteiger charge is -2.31. The van der Waals surface area contributed by atoms with Crippen molar-refractivity contribution >= 4 is 16.6 Å². The zero-order valence-corrected chi connectivity index (χ0v) is 13.1. The third-order valence-corrected chi connectivity index (χ3v) is 4.56. The van der Waals surface area contributed by atoms with E-state index in [4.69, 9.17) is 0 Å². The van der Waals surface area contributed by atoms with Crippen molar-refractivity contribution in [2.24, 2.45) is 5.92 Å². The number of anilines is 1. The minimum absolute atomic E-state index is 0.330. The van der Waals surface area contributed by atoms with Crippen LogP contribution in [0, 0.1) is 12.8 Å². The number of fused-ring (bicyclic) bond motifs is 1. The normalized spacial score (nSPS) is 17.0. The van der Waals surface area contributed by atoms with E-state index in [1.165, 1.54) is 0 Å². The second-order valence-electron chi connectivity index (χ2n) is 6.07. The van der Waals surface area contributed by atoms with Gasteiger partial charge in [-0.05, 0) is 38.8 Å². The largest absolute Gasteiger partial charge is 0.396 e. The number of benzene rings is 1. The number of nitrogens with zero attached hydrogens (tertiary/aromatic N) is 3. The molecule has 2 aromatic rings. The number of hydrogen-bond donors (Lipinski definition) is 2. The number of nitrogens with one attached hydrogen (secondary N) is 1. The summed E-state index contributed by atoms with van der Waals surface area (Å²) >= 11 is 0. The molecule has 0 spiro atoms. The summed E-state index contributed by atoms with van der Waals surface area (Å²) in [5.74, 6) is 1.36. The lowest BCUT2D eigenvalue weighted by molar-refractivity contribution is 0.134. The summed E-state index contributed by atoms with van der Waals surface area (Å²) in [4.78, 5) is 2.45. The van der Waals surface area contributed by atoms with E-state index in [0.717, 1.165) is 61.3 Å². The number of aliphatic hydroxyl groups excluding tert-OH is 1. The average Bonchev–Trinajstić information content (AvgIpc) is 2.58. The Bertz CT molecular complexity index is 623. The van der Waals surface area contributed by atoms with Crippen molar-refractivity contribution < 1.29 is 5.11 Å². The van der Waals surface area contributed by atoms with Crippen LogP contribution in [-0.4, -0.2) is 53.0 Å². The highest BCUT2D eigenvalue weighted by molar-refractivity contribution is 5.92. The summed E-state index contributed by atoms with van der Waals surface area (Å²) in [6.45, 7) is 6.34. The molecule has 1 aliphatic rings. The standard InChI is InChI=1S/C17H24N4O/c1-13-15-4-2-3-5-16(15)17(20-19-13)18-8-11-21-9-6-14(12-22)7-10-21/h2-5,14,22H,6-12H2,1H3,(H,18,20). The first-order valence-electron chi connectivity index (χ1n) is 8.07. The molecule has 2 heterocycles. The molecule has 1 aromatic heterocycles. The van der Waals surface area contributed by atoms with Gasteiger partial charge in [0.05, 0.1) is 5.69 Å². The maximum Gasteiger partial charge on any atom is 0.156 e. The number of aryl methyl sites for hydroxylation is 1. The summed E-state index contributed by atoms with van der Waals surface area (Å²) in [5.41, 5.74) is 0.965. The Balaban J connectivity index is 1.57. The van der Waals surface area contributed by atoms with E-state index in [1.54, 1.807) is 0 Å². The Labute approximate surface area is 131 Å². The Morgan fingerprint density at radius 2 is 1.91 bits per heavy atom. The molecule has 1 aromatic carbocycles. The molecule has 5 heteroatoms. The van der Waals surface area contributed by atoms with E-state index < -0.39 is 0 Å². The molecule has 2 N–H and O–H groups in total. The molecule has 0 atom stereocenters. The van der Waals surface area contributed by atoms with Gasteiger partial charge in [-0.2, -0.15) is 5.10 Å². The molecule has 0 amide bonds. The lowest BCUT2D eigenvalue weighted by atomic mass is 9.98. The molecule has 0 radical (unpaired) electrons. The van der Waals surface area contributed by atoms with Crippen LogP contribution in [0.25, 0.3) is 10.8 Å². The molecule has 1 fully saturated rings. The summed E-state index contributed by atoms with van der Waals surface area (Å²) in [7, 11) is 0. The third kappa shape index (κ3) is 3.36. The molecule has 0 saturated carbocycles. The van der Waals surface area contributed by atoms with E-state index >= 15 is 0 Å². The smallest absolute Gasteiger partial charge is 0.156 e. The van der Waals surface area contributed by atoms with Gasteiger partial charge in [0.1, 0.15) is 0 Å². The second-order valence-corrected chi connectivity index (χ2v) is 6.07. The predicted octanol–water partition coefficient (Wildman–Crippen LogP) is 2.05. The van der Waals surface area contributed by atoms with Crippen molar-refractivity contribution in [2.45, 2.75) is 19.8 Å². The zero-order valence-electron chi connectivity index (χ0n) is 13.1. The van der Waals surface area contributed by atoms with E-state index in [1.807, 2.05) is 19.1 Å². The number of aliphatic hydroxyl groups is 1. The molecule has 1 saturated heterocycles. The Kier molecular flexibility index (Phi) is 4.85. The molecule has 5 nitrogen and oxygen atoms in total. The van der Waals surface area contributed by atoms with Crippen LogP contribution in [0.3, 0.4) is 0 Å². The molecule has 0 bridgehead atoms. The van der Waals surface area contributed by atoms with Gasteiger partial charge < -0.3 is 15.3 Å². The molecular weight excluding hydrogens is 276 g/mol. The monoisotopic (exact) mass is 300 g/mol. The minimum Gasteiger partial charge on any atom is -0.396 e. The Hall–Kier alpha value is -1.72. The molecule has 22 heavy (non-hydrogen) atoms. The zero-order chi connectivity index (χ0) is 15.4. The number of piperidine rings is 1. The second kappa shape index (κ2) is 7.03. The van der Waals surface area contributed by atoms with Gasteiger partial charge in [-0.1, -0.05) is 24.3 Å². The summed E-state index contributed by atoms with van der Waals surface area (Å²) in [5, 5.41) is 23.4. The van der Waals surface area contributed by atoms with Gasteiger partial charge in [0.2, 0.25) is 0 Å². The fraction of sp³-hybridized carbons (Fsp3) is 0.529. The minimum atomic E-state index is 0.330. The molecule has 0 aliphatic carbocycles. The highest BCUT2D eigenvalue weighted by atomic mass is 16.3. The fourth-order valence-electron chi connectivity index (χ4n) is 3.09. The number of rotatable bonds is 5. The van der Waals surface area contributed by atoms with E-state index in [0.29, 0.717) is 12.5 Å². The third-order valence-electron chi connectivity index (χ3n) is 4.56. The maximum absolute atomic E-state index is 9.18. The first-order valence-corrected chi connectivity index (χ1v) is 8.07. The first-order chi connectivity index (χ1) is 10.8. The van der Waals surface area contributed by atoms with E-state index in [2.05, 4.69) is 32.5 Å². The van der Waals surface area contributed by atoms with Crippen LogP contribution in [0.15, 0.2) is 24.3 Å². The molecule has 0 unspecified atom stereocenters. The molecule has 3 rings (SSSR count). The Morgan fingerprint density at radius 3 is 2.64 bits per heavy atom. The van der Waals surface area contributed by atoms with Crippen molar-refractivity contribution in [3.63, 3.8) is 0 Å². The van der Waals surface area contributed by atoms with E-state index in [-0.39, 0.29) is 0 Å². The van der Waals surface area contributed by atoms with Crippen molar-refractivity contribution in [1.29, 1.82) is 0 Å². The lowest BCUT2D eigenvalue weighted by Crippen LogP contribution is -2.37. The SMILES string of the molecule is Cc1nnc(NCCN2CCC(CO)CC2)c2ccccc12. The van der Waals surface area contributed by atoms with Crippen molar-refractivity contribution in [1.82, 2.24) is 15.1 Å². The van der Waals surface area contributed by atoms with Gasteiger partial charge in [-0.25, -0.2) is 0 Å². The topological polar surface area (TPSA) is 61.3 Å². The highest BCUT2D eigenvalue weighted by Crippen LogP contribution is 2.22. The van der Waals surface area contributed by atoms with Crippen LogP contribution in [0.5, 0.6) is 0 Å². The van der Waals surface area contributed by atoms with Crippen LogP contribution in [0.1, 0.15) is 18.5 Å². The summed E-state index contributed by atoms with van der Waals surface area (Å²) in [6, 6.07) is 8.25. The van der Waals surface area contributed by atoms with Crippen LogP contribution in [0.4, 0.5) is 5.82 Å². The number of hydrogen-bond acceptors (Lipinski definition) is 5. The van der Waals surface area contributed by atoms with Crippen LogP contribution >= 0.6 is 0 Å². The number of aromatic nitrogens is 2. The van der Waals surface area contributed by atoms with Gasteiger partial charge >= 0.3 is 0 Å².